The van der Waals surface area contributed by atoms with Crippen LogP contribution in [0.25, 0.3) is 27.7 Å². The second kappa shape index (κ2) is 10.4. The van der Waals surface area contributed by atoms with Crippen LogP contribution < -0.4 is 21.1 Å². The number of hydrogen-bond donors (Lipinski definition) is 4. The van der Waals surface area contributed by atoms with E-state index in [4.69, 9.17) is 10.5 Å². The molecule has 0 aliphatic carbocycles. The third-order valence-electron chi connectivity index (χ3n) is 6.26. The molecule has 1 amide bonds. The number of imidazole rings is 1. The Morgan fingerprint density at radius 2 is 1.81 bits per heavy atom. The molecular weight excluding hydrogens is 556 g/mol. The number of halogens is 4. The topological polar surface area (TPSA) is 135 Å². The number of nitrogen functional groups attached to an aromatic ring is 1. The molecule has 0 unspecified atom stereocenters. The molecule has 0 saturated carbocycles. The number of ether oxygens (including phenoxy) is 1. The maximum absolute atomic E-state index is 15.2. The summed E-state index contributed by atoms with van der Waals surface area (Å²) >= 11 is 0. The van der Waals surface area contributed by atoms with Gasteiger partial charge in [0.2, 0.25) is 5.95 Å². The van der Waals surface area contributed by atoms with Crippen LogP contribution >= 0.6 is 0 Å². The van der Waals surface area contributed by atoms with Crippen molar-refractivity contribution in [2.75, 3.05) is 17.6 Å². The fourth-order valence-corrected chi connectivity index (χ4v) is 4.41. The number of rotatable bonds is 7. The molecule has 3 aromatic carbocycles. The standard InChI is InChI=1S/C28H20F4N8O2/c29-22-20(42-17-4-2-1-3-5-17)11-10-19-23(22)39-27(38-19)37-16-8-6-15(7-9-16)21-18(26(41)34-13-28(30,31)32)12-40-24(21)25(33)35-14-36-40/h1-12,14H,13H2,(H,34,41)(H2,33,35,36)(H2,37,38,39). The monoisotopic (exact) mass is 576 g/mol. The summed E-state index contributed by atoms with van der Waals surface area (Å²) in [6.07, 6.45) is -2.13. The highest BCUT2D eigenvalue weighted by atomic mass is 19.4. The normalized spacial score (nSPS) is 11.6. The van der Waals surface area contributed by atoms with Crippen LogP contribution in [0.3, 0.4) is 0 Å². The van der Waals surface area contributed by atoms with E-state index < -0.39 is 24.4 Å². The van der Waals surface area contributed by atoms with Crippen molar-refractivity contribution in [3.63, 3.8) is 0 Å². The van der Waals surface area contributed by atoms with E-state index in [2.05, 4.69) is 25.4 Å². The molecule has 0 radical (unpaired) electrons. The summed E-state index contributed by atoms with van der Waals surface area (Å²) < 4.78 is 60.3. The third kappa shape index (κ3) is 5.24. The number of nitrogens with one attached hydrogen (secondary N) is 3. The zero-order chi connectivity index (χ0) is 29.4. The average Bonchev–Trinajstić information content (AvgIpc) is 3.57. The number of alkyl halides is 3. The zero-order valence-electron chi connectivity index (χ0n) is 21.4. The quantitative estimate of drug-likeness (QED) is 0.176. The zero-order valence-corrected chi connectivity index (χ0v) is 21.4. The van der Waals surface area contributed by atoms with E-state index in [0.29, 0.717) is 22.5 Å². The van der Waals surface area contributed by atoms with Gasteiger partial charge in [0.05, 0.1) is 11.1 Å². The molecule has 0 atom stereocenters. The molecule has 0 aliphatic heterocycles. The Balaban J connectivity index is 1.28. The van der Waals surface area contributed by atoms with Crippen LogP contribution in [0.5, 0.6) is 11.5 Å². The van der Waals surface area contributed by atoms with Gasteiger partial charge < -0.3 is 26.1 Å². The van der Waals surface area contributed by atoms with Gasteiger partial charge in [-0.3, -0.25) is 4.79 Å². The number of carbonyl (C=O) groups excluding carboxylic acids is 1. The number of para-hydroxylation sites is 1. The molecular formula is C28H20F4N8O2. The van der Waals surface area contributed by atoms with Crippen molar-refractivity contribution in [3.8, 4) is 22.6 Å². The highest BCUT2D eigenvalue weighted by molar-refractivity contribution is 6.07. The van der Waals surface area contributed by atoms with E-state index >= 15 is 4.39 Å². The van der Waals surface area contributed by atoms with E-state index in [1.165, 1.54) is 23.1 Å². The molecule has 0 spiro atoms. The van der Waals surface area contributed by atoms with Crippen LogP contribution in [0.4, 0.5) is 35.0 Å². The van der Waals surface area contributed by atoms with Crippen LogP contribution in [0, 0.1) is 5.82 Å². The molecule has 3 heterocycles. The molecule has 14 heteroatoms. The SMILES string of the molecule is Nc1ncnn2cc(C(=O)NCC(F)(F)F)c(-c3ccc(Nc4nc5ccc(Oc6ccccc6)c(F)c5[nH]4)cc3)c12. The highest BCUT2D eigenvalue weighted by Gasteiger charge is 2.29. The maximum atomic E-state index is 15.2. The van der Waals surface area contributed by atoms with Crippen molar-refractivity contribution in [1.82, 2.24) is 29.9 Å². The minimum Gasteiger partial charge on any atom is -0.454 e. The van der Waals surface area contributed by atoms with Crippen molar-refractivity contribution in [2.24, 2.45) is 0 Å². The molecule has 0 fully saturated rings. The number of aromatic nitrogens is 5. The number of carbonyl (C=O) groups is 1. The lowest BCUT2D eigenvalue weighted by molar-refractivity contribution is -0.123. The largest absolute Gasteiger partial charge is 0.454 e. The Kier molecular flexibility index (Phi) is 6.57. The summed E-state index contributed by atoms with van der Waals surface area (Å²) in [5.74, 6) is -0.742. The number of anilines is 3. The predicted molar refractivity (Wildman–Crippen MR) is 147 cm³/mol. The van der Waals surface area contributed by atoms with Gasteiger partial charge in [0.1, 0.15) is 29.7 Å². The molecule has 0 bridgehead atoms. The Bertz CT molecular complexity index is 1920. The van der Waals surface area contributed by atoms with Crippen molar-refractivity contribution in [2.45, 2.75) is 6.18 Å². The minimum atomic E-state index is -4.59. The maximum Gasteiger partial charge on any atom is 0.405 e. The number of H-pyrrole nitrogens is 1. The summed E-state index contributed by atoms with van der Waals surface area (Å²) in [6, 6.07) is 18.5. The molecule has 0 aliphatic rings. The number of aromatic amines is 1. The van der Waals surface area contributed by atoms with Crippen LogP contribution in [0.1, 0.15) is 10.4 Å². The second-order valence-corrected chi connectivity index (χ2v) is 9.13. The van der Waals surface area contributed by atoms with Crippen molar-refractivity contribution < 1.29 is 27.1 Å². The van der Waals surface area contributed by atoms with E-state index in [9.17, 15) is 18.0 Å². The van der Waals surface area contributed by atoms with Crippen LogP contribution in [-0.4, -0.2) is 43.2 Å². The average molecular weight is 577 g/mol. The number of amides is 1. The summed E-state index contributed by atoms with van der Waals surface area (Å²) in [6.45, 7) is -1.50. The van der Waals surface area contributed by atoms with Gasteiger partial charge in [0, 0.05) is 17.4 Å². The first-order valence-corrected chi connectivity index (χ1v) is 12.4. The Morgan fingerprint density at radius 1 is 1.05 bits per heavy atom. The van der Waals surface area contributed by atoms with Gasteiger partial charge in [-0.15, -0.1) is 0 Å². The van der Waals surface area contributed by atoms with Gasteiger partial charge in [0.15, 0.2) is 17.4 Å². The van der Waals surface area contributed by atoms with Crippen molar-refractivity contribution >= 4 is 39.9 Å². The van der Waals surface area contributed by atoms with Crippen molar-refractivity contribution in [1.29, 1.82) is 0 Å². The number of hydrogen-bond acceptors (Lipinski definition) is 7. The lowest BCUT2D eigenvalue weighted by Gasteiger charge is -2.10. The number of nitrogens with two attached hydrogens (primary N) is 1. The molecule has 212 valence electrons. The van der Waals surface area contributed by atoms with Gasteiger partial charge in [-0.25, -0.2) is 18.9 Å². The third-order valence-corrected chi connectivity index (χ3v) is 6.26. The number of fused-ring (bicyclic) bond motifs is 2. The first kappa shape index (κ1) is 26.6. The summed E-state index contributed by atoms with van der Waals surface area (Å²) in [7, 11) is 0. The van der Waals surface area contributed by atoms with Crippen LogP contribution in [0.15, 0.2) is 79.3 Å². The number of benzene rings is 3. The first-order chi connectivity index (χ1) is 20.2. The molecule has 42 heavy (non-hydrogen) atoms. The van der Waals surface area contributed by atoms with E-state index in [0.717, 1.165) is 0 Å². The number of nitrogens with zero attached hydrogens (tertiary/aromatic N) is 4. The summed E-state index contributed by atoms with van der Waals surface area (Å²) in [5, 5.41) is 8.96. The van der Waals surface area contributed by atoms with Gasteiger partial charge >= 0.3 is 6.18 Å². The summed E-state index contributed by atoms with van der Waals surface area (Å²) in [5.41, 5.74) is 8.04. The highest BCUT2D eigenvalue weighted by Crippen LogP contribution is 2.34. The van der Waals surface area contributed by atoms with Gasteiger partial charge in [-0.05, 0) is 42.0 Å². The molecule has 6 aromatic rings. The molecule has 5 N–H and O–H groups in total. The van der Waals surface area contributed by atoms with E-state index in [-0.39, 0.29) is 39.7 Å². The fourth-order valence-electron chi connectivity index (χ4n) is 4.41. The Hall–Kier alpha value is -5.66. The van der Waals surface area contributed by atoms with Gasteiger partial charge in [0.25, 0.3) is 5.91 Å². The predicted octanol–water partition coefficient (Wildman–Crippen LogP) is 5.82. The summed E-state index contributed by atoms with van der Waals surface area (Å²) in [4.78, 5) is 24.0. The molecule has 0 saturated heterocycles. The van der Waals surface area contributed by atoms with E-state index in [1.807, 2.05) is 11.4 Å². The van der Waals surface area contributed by atoms with Gasteiger partial charge in [-0.1, -0.05) is 30.3 Å². The Labute approximate surface area is 234 Å². The molecule has 6 rings (SSSR count). The molecule has 10 nitrogen and oxygen atoms in total. The second-order valence-electron chi connectivity index (χ2n) is 9.13. The first-order valence-electron chi connectivity index (χ1n) is 12.4. The Morgan fingerprint density at radius 3 is 2.55 bits per heavy atom. The van der Waals surface area contributed by atoms with Crippen LogP contribution in [-0.2, 0) is 0 Å². The lowest BCUT2D eigenvalue weighted by atomic mass is 10.0. The van der Waals surface area contributed by atoms with Crippen molar-refractivity contribution in [3.05, 3.63) is 90.6 Å². The lowest BCUT2D eigenvalue weighted by Crippen LogP contribution is -2.33. The molecule has 3 aromatic heterocycles. The van der Waals surface area contributed by atoms with E-state index in [1.54, 1.807) is 54.6 Å². The van der Waals surface area contributed by atoms with Crippen LogP contribution in [0.2, 0.25) is 0 Å². The fraction of sp³-hybridized carbons (Fsp3) is 0.0714. The minimum absolute atomic E-state index is 0.0337. The smallest absolute Gasteiger partial charge is 0.405 e. The van der Waals surface area contributed by atoms with Gasteiger partial charge in [-0.2, -0.15) is 18.3 Å².